The predicted molar refractivity (Wildman–Crippen MR) is 75.5 cm³/mol. The van der Waals surface area contributed by atoms with Gasteiger partial charge >= 0.3 is 6.03 Å². The first kappa shape index (κ1) is 14.5. The number of amides is 2. The molecular weight excluding hydrogens is 226 g/mol. The summed E-state index contributed by atoms with van der Waals surface area (Å²) in [5, 5.41) is 5.73. The van der Waals surface area contributed by atoms with E-state index in [0.29, 0.717) is 6.54 Å². The van der Waals surface area contributed by atoms with Crippen LogP contribution in [0.3, 0.4) is 0 Å². The molecule has 0 aliphatic heterocycles. The molecule has 4 nitrogen and oxygen atoms in total. The molecule has 4 N–H and O–H groups in total. The van der Waals surface area contributed by atoms with Gasteiger partial charge in [-0.2, -0.15) is 0 Å². The van der Waals surface area contributed by atoms with Crippen LogP contribution in [-0.4, -0.2) is 12.1 Å². The Kier molecular flexibility index (Phi) is 6.22. The summed E-state index contributed by atoms with van der Waals surface area (Å²) in [5.41, 5.74) is 7.35. The SMILES string of the molecule is CCCCC(C)NC(=O)Nc1ccc(CN)cc1. The van der Waals surface area contributed by atoms with Crippen LogP contribution in [0.25, 0.3) is 0 Å². The fraction of sp³-hybridized carbons (Fsp3) is 0.500. The number of hydrogen-bond acceptors (Lipinski definition) is 2. The van der Waals surface area contributed by atoms with Crippen LogP contribution < -0.4 is 16.4 Å². The standard InChI is InChI=1S/C14H23N3O/c1-3-4-5-11(2)16-14(18)17-13-8-6-12(10-15)7-9-13/h6-9,11H,3-5,10,15H2,1-2H3,(H2,16,17,18). The van der Waals surface area contributed by atoms with Gasteiger partial charge in [0.05, 0.1) is 0 Å². The molecule has 0 radical (unpaired) electrons. The second-order valence-corrected chi connectivity index (χ2v) is 4.54. The molecule has 1 aromatic carbocycles. The number of nitrogens with one attached hydrogen (secondary N) is 2. The Morgan fingerprint density at radius 2 is 2.00 bits per heavy atom. The number of hydrogen-bond donors (Lipinski definition) is 3. The van der Waals surface area contributed by atoms with Crippen LogP contribution in [0.5, 0.6) is 0 Å². The van der Waals surface area contributed by atoms with Gasteiger partial charge in [0.2, 0.25) is 0 Å². The molecule has 0 saturated carbocycles. The minimum absolute atomic E-state index is 0.154. The van der Waals surface area contributed by atoms with E-state index in [1.165, 1.54) is 0 Å². The molecule has 1 atom stereocenters. The Hall–Kier alpha value is -1.55. The zero-order valence-corrected chi connectivity index (χ0v) is 11.2. The van der Waals surface area contributed by atoms with E-state index >= 15 is 0 Å². The number of carbonyl (C=O) groups is 1. The van der Waals surface area contributed by atoms with Crippen molar-refractivity contribution in [3.8, 4) is 0 Å². The van der Waals surface area contributed by atoms with Crippen LogP contribution in [0, 0.1) is 0 Å². The Labute approximate surface area is 109 Å². The van der Waals surface area contributed by atoms with Gasteiger partial charge in [-0.15, -0.1) is 0 Å². The van der Waals surface area contributed by atoms with E-state index in [0.717, 1.165) is 30.5 Å². The highest BCUT2D eigenvalue weighted by molar-refractivity contribution is 5.89. The van der Waals surface area contributed by atoms with Crippen molar-refractivity contribution in [2.45, 2.75) is 45.7 Å². The smallest absolute Gasteiger partial charge is 0.319 e. The normalized spacial score (nSPS) is 11.9. The highest BCUT2D eigenvalue weighted by Gasteiger charge is 2.06. The summed E-state index contributed by atoms with van der Waals surface area (Å²) >= 11 is 0. The lowest BCUT2D eigenvalue weighted by Crippen LogP contribution is -2.36. The second-order valence-electron chi connectivity index (χ2n) is 4.54. The molecule has 18 heavy (non-hydrogen) atoms. The van der Waals surface area contributed by atoms with Crippen molar-refractivity contribution < 1.29 is 4.79 Å². The van der Waals surface area contributed by atoms with Gasteiger partial charge in [-0.05, 0) is 31.0 Å². The van der Waals surface area contributed by atoms with E-state index < -0.39 is 0 Å². The maximum Gasteiger partial charge on any atom is 0.319 e. The largest absolute Gasteiger partial charge is 0.335 e. The number of carbonyl (C=O) groups excluding carboxylic acids is 1. The summed E-state index contributed by atoms with van der Waals surface area (Å²) in [6.07, 6.45) is 3.29. The molecule has 0 bridgehead atoms. The topological polar surface area (TPSA) is 67.2 Å². The van der Waals surface area contributed by atoms with Gasteiger partial charge < -0.3 is 16.4 Å². The highest BCUT2D eigenvalue weighted by atomic mass is 16.2. The van der Waals surface area contributed by atoms with Gasteiger partial charge in [0.25, 0.3) is 0 Å². The number of benzene rings is 1. The molecule has 0 aliphatic rings. The number of anilines is 1. The van der Waals surface area contributed by atoms with Crippen molar-refractivity contribution in [1.29, 1.82) is 0 Å². The minimum atomic E-state index is -0.154. The Morgan fingerprint density at radius 3 is 2.56 bits per heavy atom. The lowest BCUT2D eigenvalue weighted by molar-refractivity contribution is 0.248. The molecule has 0 heterocycles. The molecular formula is C14H23N3O. The maximum absolute atomic E-state index is 11.7. The van der Waals surface area contributed by atoms with Crippen molar-refractivity contribution in [2.75, 3.05) is 5.32 Å². The molecule has 0 saturated heterocycles. The first-order valence-electron chi connectivity index (χ1n) is 6.52. The third-order valence-corrected chi connectivity index (χ3v) is 2.82. The van der Waals surface area contributed by atoms with E-state index in [1.807, 2.05) is 31.2 Å². The zero-order valence-electron chi connectivity index (χ0n) is 11.2. The van der Waals surface area contributed by atoms with Crippen molar-refractivity contribution in [3.63, 3.8) is 0 Å². The molecule has 2 amide bonds. The molecule has 1 aromatic rings. The van der Waals surface area contributed by atoms with Crippen LogP contribution in [0.4, 0.5) is 10.5 Å². The third kappa shape index (κ3) is 5.19. The van der Waals surface area contributed by atoms with Crippen LogP contribution in [-0.2, 0) is 6.54 Å². The molecule has 4 heteroatoms. The van der Waals surface area contributed by atoms with Crippen molar-refractivity contribution in [2.24, 2.45) is 5.73 Å². The fourth-order valence-corrected chi connectivity index (χ4v) is 1.70. The minimum Gasteiger partial charge on any atom is -0.335 e. The Bertz CT molecular complexity index is 362. The predicted octanol–water partition coefficient (Wildman–Crippen LogP) is 2.85. The maximum atomic E-state index is 11.7. The molecule has 0 aromatic heterocycles. The Morgan fingerprint density at radius 1 is 1.33 bits per heavy atom. The van der Waals surface area contributed by atoms with E-state index in [9.17, 15) is 4.79 Å². The summed E-state index contributed by atoms with van der Waals surface area (Å²) in [4.78, 5) is 11.7. The van der Waals surface area contributed by atoms with Gasteiger partial charge in [-0.1, -0.05) is 31.9 Å². The van der Waals surface area contributed by atoms with Gasteiger partial charge in [0.1, 0.15) is 0 Å². The van der Waals surface area contributed by atoms with E-state index in [-0.39, 0.29) is 12.1 Å². The van der Waals surface area contributed by atoms with Crippen LogP contribution in [0.2, 0.25) is 0 Å². The third-order valence-electron chi connectivity index (χ3n) is 2.82. The lowest BCUT2D eigenvalue weighted by atomic mass is 10.1. The summed E-state index contributed by atoms with van der Waals surface area (Å²) in [6.45, 7) is 4.68. The number of rotatable bonds is 6. The number of nitrogens with two attached hydrogens (primary N) is 1. The van der Waals surface area contributed by atoms with Crippen molar-refractivity contribution in [1.82, 2.24) is 5.32 Å². The zero-order chi connectivity index (χ0) is 13.4. The van der Waals surface area contributed by atoms with E-state index in [1.54, 1.807) is 0 Å². The van der Waals surface area contributed by atoms with Gasteiger partial charge in [0.15, 0.2) is 0 Å². The van der Waals surface area contributed by atoms with Gasteiger partial charge in [-0.25, -0.2) is 4.79 Å². The van der Waals surface area contributed by atoms with Crippen molar-refractivity contribution >= 4 is 11.7 Å². The number of urea groups is 1. The van der Waals surface area contributed by atoms with Crippen LogP contribution in [0.15, 0.2) is 24.3 Å². The van der Waals surface area contributed by atoms with Crippen LogP contribution in [0.1, 0.15) is 38.7 Å². The molecule has 0 spiro atoms. The average Bonchev–Trinajstić information content (AvgIpc) is 2.37. The summed E-state index contributed by atoms with van der Waals surface area (Å²) in [7, 11) is 0. The van der Waals surface area contributed by atoms with Gasteiger partial charge in [-0.3, -0.25) is 0 Å². The Balaban J connectivity index is 2.39. The lowest BCUT2D eigenvalue weighted by Gasteiger charge is -2.14. The molecule has 1 rings (SSSR count). The van der Waals surface area contributed by atoms with E-state index in [2.05, 4.69) is 17.6 Å². The highest BCUT2D eigenvalue weighted by Crippen LogP contribution is 2.09. The fourth-order valence-electron chi connectivity index (χ4n) is 1.70. The van der Waals surface area contributed by atoms with Crippen LogP contribution >= 0.6 is 0 Å². The summed E-state index contributed by atoms with van der Waals surface area (Å²) in [5.74, 6) is 0. The van der Waals surface area contributed by atoms with Gasteiger partial charge in [0, 0.05) is 18.3 Å². The molecule has 100 valence electrons. The monoisotopic (exact) mass is 249 g/mol. The average molecular weight is 249 g/mol. The molecule has 0 aliphatic carbocycles. The first-order valence-corrected chi connectivity index (χ1v) is 6.52. The van der Waals surface area contributed by atoms with Crippen molar-refractivity contribution in [3.05, 3.63) is 29.8 Å². The number of unbranched alkanes of at least 4 members (excludes halogenated alkanes) is 1. The summed E-state index contributed by atoms with van der Waals surface area (Å²) < 4.78 is 0. The molecule has 1 unspecified atom stereocenters. The quantitative estimate of drug-likeness (QED) is 0.725. The first-order chi connectivity index (χ1) is 8.65. The summed E-state index contributed by atoms with van der Waals surface area (Å²) in [6, 6.07) is 7.59. The second kappa shape index (κ2) is 7.71. The van der Waals surface area contributed by atoms with E-state index in [4.69, 9.17) is 5.73 Å². The molecule has 0 fully saturated rings.